The van der Waals surface area contributed by atoms with Crippen molar-refractivity contribution in [2.45, 2.75) is 32.1 Å². The van der Waals surface area contributed by atoms with Gasteiger partial charge in [0.05, 0.1) is 19.1 Å². The van der Waals surface area contributed by atoms with Gasteiger partial charge in [-0.15, -0.1) is 11.3 Å². The standard InChI is InChI=1S/C12H15Br2NOS/c1-8(2)12(7-15,4-3-5-16)9-6-10(13)17-11(9)14/h6,8,16H,3-5H2,1-2H3. The van der Waals surface area contributed by atoms with Crippen LogP contribution in [0.15, 0.2) is 13.6 Å². The van der Waals surface area contributed by atoms with E-state index in [1.807, 2.05) is 6.07 Å². The molecule has 1 aromatic heterocycles. The zero-order valence-corrected chi connectivity index (χ0v) is 13.8. The lowest BCUT2D eigenvalue weighted by Crippen LogP contribution is -2.31. The van der Waals surface area contributed by atoms with Gasteiger partial charge in [-0.05, 0) is 62.2 Å². The quantitative estimate of drug-likeness (QED) is 0.819. The topological polar surface area (TPSA) is 44.0 Å². The Bertz CT molecular complexity index is 425. The lowest BCUT2D eigenvalue weighted by molar-refractivity contribution is 0.256. The van der Waals surface area contributed by atoms with E-state index in [1.54, 1.807) is 11.3 Å². The number of aliphatic hydroxyl groups excluding tert-OH is 1. The number of thiophene rings is 1. The van der Waals surface area contributed by atoms with Gasteiger partial charge in [0.1, 0.15) is 0 Å². The highest BCUT2D eigenvalue weighted by Crippen LogP contribution is 2.45. The second-order valence-corrected chi connectivity index (χ2v) is 8.05. The number of rotatable bonds is 5. The molecule has 0 aliphatic rings. The molecule has 0 amide bonds. The van der Waals surface area contributed by atoms with Gasteiger partial charge in [0, 0.05) is 6.61 Å². The molecule has 1 aromatic rings. The van der Waals surface area contributed by atoms with Crippen molar-refractivity contribution in [2.24, 2.45) is 5.92 Å². The summed E-state index contributed by atoms with van der Waals surface area (Å²) in [7, 11) is 0. The Kier molecular flexibility index (Phi) is 5.65. The smallest absolute Gasteiger partial charge is 0.0865 e. The highest BCUT2D eigenvalue weighted by Gasteiger charge is 2.38. The largest absolute Gasteiger partial charge is 0.396 e. The van der Waals surface area contributed by atoms with Crippen molar-refractivity contribution < 1.29 is 5.11 Å². The molecule has 0 saturated heterocycles. The van der Waals surface area contributed by atoms with E-state index < -0.39 is 5.41 Å². The van der Waals surface area contributed by atoms with Crippen LogP contribution in [0.5, 0.6) is 0 Å². The molecule has 0 spiro atoms. The fraction of sp³-hybridized carbons (Fsp3) is 0.583. The van der Waals surface area contributed by atoms with Gasteiger partial charge in [-0.25, -0.2) is 0 Å². The molecule has 1 heterocycles. The lowest BCUT2D eigenvalue weighted by atomic mass is 9.71. The number of nitriles is 1. The Morgan fingerprint density at radius 3 is 2.53 bits per heavy atom. The summed E-state index contributed by atoms with van der Waals surface area (Å²) < 4.78 is 2.02. The Morgan fingerprint density at radius 2 is 2.18 bits per heavy atom. The summed E-state index contributed by atoms with van der Waals surface area (Å²) in [6, 6.07) is 4.47. The molecule has 2 nitrogen and oxygen atoms in total. The van der Waals surface area contributed by atoms with Crippen molar-refractivity contribution in [1.82, 2.24) is 0 Å². The first kappa shape index (κ1) is 15.2. The van der Waals surface area contributed by atoms with Crippen molar-refractivity contribution in [1.29, 1.82) is 5.26 Å². The fourth-order valence-corrected chi connectivity index (χ4v) is 5.04. The normalized spacial score (nSPS) is 14.6. The Labute approximate surface area is 123 Å². The second kappa shape index (κ2) is 6.33. The van der Waals surface area contributed by atoms with Crippen LogP contribution < -0.4 is 0 Å². The summed E-state index contributed by atoms with van der Waals surface area (Å²) in [4.78, 5) is 0. The van der Waals surface area contributed by atoms with Gasteiger partial charge in [0.15, 0.2) is 0 Å². The monoisotopic (exact) mass is 379 g/mol. The van der Waals surface area contributed by atoms with Crippen LogP contribution in [-0.2, 0) is 5.41 Å². The zero-order valence-electron chi connectivity index (χ0n) is 9.83. The molecule has 0 saturated carbocycles. The average Bonchev–Trinajstić information content (AvgIpc) is 2.60. The molecule has 1 N–H and O–H groups in total. The number of hydrogen-bond donors (Lipinski definition) is 1. The van der Waals surface area contributed by atoms with E-state index in [2.05, 4.69) is 51.8 Å². The molecule has 1 rings (SSSR count). The molecule has 1 unspecified atom stereocenters. The van der Waals surface area contributed by atoms with Gasteiger partial charge in [0.25, 0.3) is 0 Å². The van der Waals surface area contributed by atoms with Crippen LogP contribution in [0.25, 0.3) is 0 Å². The van der Waals surface area contributed by atoms with E-state index in [0.717, 1.165) is 13.1 Å². The summed E-state index contributed by atoms with van der Waals surface area (Å²) in [6.45, 7) is 4.23. The van der Waals surface area contributed by atoms with Crippen LogP contribution in [0.3, 0.4) is 0 Å². The van der Waals surface area contributed by atoms with E-state index in [1.165, 1.54) is 0 Å². The van der Waals surface area contributed by atoms with Gasteiger partial charge < -0.3 is 5.11 Å². The average molecular weight is 381 g/mol. The third-order valence-electron chi connectivity index (χ3n) is 3.05. The van der Waals surface area contributed by atoms with Crippen LogP contribution >= 0.6 is 43.2 Å². The number of nitrogens with zero attached hydrogens (tertiary/aromatic N) is 1. The maximum Gasteiger partial charge on any atom is 0.0865 e. The maximum absolute atomic E-state index is 9.60. The highest BCUT2D eigenvalue weighted by atomic mass is 79.9. The van der Waals surface area contributed by atoms with Gasteiger partial charge in [0.2, 0.25) is 0 Å². The first-order chi connectivity index (χ1) is 7.97. The summed E-state index contributed by atoms with van der Waals surface area (Å²) >= 11 is 8.56. The van der Waals surface area contributed by atoms with Crippen LogP contribution in [0.2, 0.25) is 0 Å². The van der Waals surface area contributed by atoms with E-state index in [0.29, 0.717) is 12.8 Å². The van der Waals surface area contributed by atoms with Crippen molar-refractivity contribution in [3.63, 3.8) is 0 Å². The summed E-state index contributed by atoms with van der Waals surface area (Å²) in [5.74, 6) is 0.205. The number of aliphatic hydroxyl groups is 1. The number of halogens is 2. The first-order valence-corrected chi connectivity index (χ1v) is 7.85. The molecule has 94 valence electrons. The third kappa shape index (κ3) is 3.11. The molecular formula is C12H15Br2NOS. The number of hydrogen-bond acceptors (Lipinski definition) is 3. The third-order valence-corrected chi connectivity index (χ3v) is 5.39. The molecule has 0 aliphatic carbocycles. The van der Waals surface area contributed by atoms with E-state index in [9.17, 15) is 5.26 Å². The minimum atomic E-state index is -0.524. The Morgan fingerprint density at radius 1 is 1.53 bits per heavy atom. The van der Waals surface area contributed by atoms with Crippen LogP contribution in [-0.4, -0.2) is 11.7 Å². The fourth-order valence-electron chi connectivity index (χ4n) is 1.98. The highest BCUT2D eigenvalue weighted by molar-refractivity contribution is 9.12. The second-order valence-electron chi connectivity index (χ2n) is 4.30. The minimum Gasteiger partial charge on any atom is -0.396 e. The lowest BCUT2D eigenvalue weighted by Gasteiger charge is -2.30. The van der Waals surface area contributed by atoms with Crippen molar-refractivity contribution in [3.8, 4) is 6.07 Å². The van der Waals surface area contributed by atoms with Crippen LogP contribution in [0.4, 0.5) is 0 Å². The minimum absolute atomic E-state index is 0.124. The molecule has 1 atom stereocenters. The molecule has 5 heteroatoms. The zero-order chi connectivity index (χ0) is 13.1. The molecule has 17 heavy (non-hydrogen) atoms. The SMILES string of the molecule is CC(C)C(C#N)(CCCO)c1cc(Br)sc1Br. The van der Waals surface area contributed by atoms with Crippen LogP contribution in [0, 0.1) is 17.2 Å². The molecular weight excluding hydrogens is 366 g/mol. The van der Waals surface area contributed by atoms with Gasteiger partial charge in [-0.3, -0.25) is 0 Å². The predicted molar refractivity (Wildman–Crippen MR) is 78.2 cm³/mol. The van der Waals surface area contributed by atoms with E-state index in [4.69, 9.17) is 5.11 Å². The van der Waals surface area contributed by atoms with Crippen molar-refractivity contribution in [3.05, 3.63) is 19.2 Å². The molecule has 0 aromatic carbocycles. The summed E-state index contributed by atoms with van der Waals surface area (Å²) in [5.41, 5.74) is 0.504. The van der Waals surface area contributed by atoms with E-state index in [-0.39, 0.29) is 12.5 Å². The van der Waals surface area contributed by atoms with Gasteiger partial charge >= 0.3 is 0 Å². The van der Waals surface area contributed by atoms with Crippen molar-refractivity contribution in [2.75, 3.05) is 6.61 Å². The first-order valence-electron chi connectivity index (χ1n) is 5.45. The van der Waals surface area contributed by atoms with Gasteiger partial charge in [-0.1, -0.05) is 13.8 Å². The van der Waals surface area contributed by atoms with Crippen LogP contribution in [0.1, 0.15) is 32.3 Å². The summed E-state index contributed by atoms with van der Waals surface area (Å²) in [5, 5.41) is 18.6. The summed E-state index contributed by atoms with van der Waals surface area (Å²) in [6.07, 6.45) is 1.32. The molecule has 0 radical (unpaired) electrons. The van der Waals surface area contributed by atoms with E-state index >= 15 is 0 Å². The maximum atomic E-state index is 9.60. The molecule has 0 bridgehead atoms. The Hall–Kier alpha value is 0.110. The predicted octanol–water partition coefficient (Wildman–Crippen LogP) is 4.46. The van der Waals surface area contributed by atoms with Crippen molar-refractivity contribution >= 4 is 43.2 Å². The molecule has 0 fully saturated rings. The molecule has 0 aliphatic heterocycles. The Balaban J connectivity index is 3.23. The van der Waals surface area contributed by atoms with Gasteiger partial charge in [-0.2, -0.15) is 5.26 Å².